The first-order chi connectivity index (χ1) is 10.8. The van der Waals surface area contributed by atoms with E-state index in [2.05, 4.69) is 11.1 Å². The van der Waals surface area contributed by atoms with Crippen molar-refractivity contribution in [2.24, 2.45) is 0 Å². The van der Waals surface area contributed by atoms with Gasteiger partial charge in [-0.1, -0.05) is 30.3 Å². The lowest BCUT2D eigenvalue weighted by molar-refractivity contribution is 0.0915. The number of hydrogen-bond donors (Lipinski definition) is 0. The fourth-order valence-electron chi connectivity index (χ4n) is 2.48. The van der Waals surface area contributed by atoms with Gasteiger partial charge < -0.3 is 9.64 Å². The van der Waals surface area contributed by atoms with Gasteiger partial charge in [-0.3, -0.25) is 4.98 Å². The molecule has 0 radical (unpaired) electrons. The second kappa shape index (κ2) is 6.83. The lowest BCUT2D eigenvalue weighted by atomic mass is 10.1. The Kier molecular flexibility index (Phi) is 4.63. The number of nitrogens with zero attached hydrogens (tertiary/aromatic N) is 2. The standard InChI is InChI=1S/C17H18N2O2S/c1-22-15-9-14-11-19(8-7-16(14)18-10-15)17(20)21-12-13-5-3-2-4-6-13/h2-6,9-10H,7-8,11-12H2,1H3. The fraction of sp³-hybridized carbons (Fsp3) is 0.294. The Morgan fingerprint density at radius 1 is 1.36 bits per heavy atom. The molecule has 1 aromatic carbocycles. The minimum atomic E-state index is -0.260. The molecule has 0 fully saturated rings. The number of amides is 1. The molecule has 0 spiro atoms. The molecule has 4 nitrogen and oxygen atoms in total. The van der Waals surface area contributed by atoms with Gasteiger partial charge in [0.2, 0.25) is 0 Å². The van der Waals surface area contributed by atoms with Crippen LogP contribution < -0.4 is 0 Å². The summed E-state index contributed by atoms with van der Waals surface area (Å²) in [5, 5.41) is 0. The number of carbonyl (C=O) groups is 1. The van der Waals surface area contributed by atoms with Crippen LogP contribution >= 0.6 is 11.8 Å². The first-order valence-electron chi connectivity index (χ1n) is 7.23. The number of fused-ring (bicyclic) bond motifs is 1. The van der Waals surface area contributed by atoms with E-state index in [0.29, 0.717) is 19.7 Å². The normalized spacial score (nSPS) is 13.6. The molecule has 2 aromatic rings. The summed E-state index contributed by atoms with van der Waals surface area (Å²) in [6, 6.07) is 11.8. The maximum Gasteiger partial charge on any atom is 0.410 e. The van der Waals surface area contributed by atoms with Crippen molar-refractivity contribution in [1.82, 2.24) is 9.88 Å². The molecule has 0 N–H and O–H groups in total. The third-order valence-corrected chi connectivity index (χ3v) is 4.41. The molecule has 5 heteroatoms. The highest BCUT2D eigenvalue weighted by Gasteiger charge is 2.22. The summed E-state index contributed by atoms with van der Waals surface area (Å²) in [6.45, 7) is 1.54. The van der Waals surface area contributed by atoms with Crippen molar-refractivity contribution in [3.63, 3.8) is 0 Å². The summed E-state index contributed by atoms with van der Waals surface area (Å²) in [5.41, 5.74) is 3.21. The molecule has 0 aliphatic carbocycles. The first kappa shape index (κ1) is 14.9. The average Bonchev–Trinajstić information content (AvgIpc) is 2.59. The summed E-state index contributed by atoms with van der Waals surface area (Å²) in [7, 11) is 0. The predicted molar refractivity (Wildman–Crippen MR) is 86.8 cm³/mol. The van der Waals surface area contributed by atoms with E-state index in [9.17, 15) is 4.79 Å². The van der Waals surface area contributed by atoms with Crippen LogP contribution in [0.4, 0.5) is 4.79 Å². The SMILES string of the molecule is CSc1cnc2c(c1)CN(C(=O)OCc1ccccc1)CC2. The van der Waals surface area contributed by atoms with Crippen molar-refractivity contribution < 1.29 is 9.53 Å². The zero-order valence-electron chi connectivity index (χ0n) is 12.5. The van der Waals surface area contributed by atoms with E-state index < -0.39 is 0 Å². The van der Waals surface area contributed by atoms with Crippen molar-refractivity contribution in [3.8, 4) is 0 Å². The molecule has 0 unspecified atom stereocenters. The minimum absolute atomic E-state index is 0.260. The van der Waals surface area contributed by atoms with Gasteiger partial charge in [0.25, 0.3) is 0 Å². The smallest absolute Gasteiger partial charge is 0.410 e. The highest BCUT2D eigenvalue weighted by molar-refractivity contribution is 7.98. The molecular formula is C17H18N2O2S. The lowest BCUT2D eigenvalue weighted by Crippen LogP contribution is -2.36. The molecule has 114 valence electrons. The number of rotatable bonds is 3. The van der Waals surface area contributed by atoms with E-state index in [1.807, 2.05) is 42.8 Å². The van der Waals surface area contributed by atoms with Crippen LogP contribution in [0.1, 0.15) is 16.8 Å². The van der Waals surface area contributed by atoms with Gasteiger partial charge in [-0.15, -0.1) is 11.8 Å². The van der Waals surface area contributed by atoms with E-state index in [4.69, 9.17) is 4.74 Å². The van der Waals surface area contributed by atoms with Crippen LogP contribution in [0.25, 0.3) is 0 Å². The Hall–Kier alpha value is -2.01. The van der Waals surface area contributed by atoms with E-state index in [1.54, 1.807) is 16.7 Å². The van der Waals surface area contributed by atoms with Crippen LogP contribution in [-0.4, -0.2) is 28.8 Å². The number of thioether (sulfide) groups is 1. The minimum Gasteiger partial charge on any atom is -0.445 e. The molecule has 0 atom stereocenters. The van der Waals surface area contributed by atoms with Gasteiger partial charge in [-0.25, -0.2) is 4.79 Å². The fourth-order valence-corrected chi connectivity index (χ4v) is 2.90. The third kappa shape index (κ3) is 3.42. The number of aromatic nitrogens is 1. The summed E-state index contributed by atoms with van der Waals surface area (Å²) < 4.78 is 5.40. The molecule has 0 bridgehead atoms. The molecular weight excluding hydrogens is 296 g/mol. The Labute approximate surface area is 134 Å². The number of pyridine rings is 1. The Balaban J connectivity index is 1.62. The molecule has 22 heavy (non-hydrogen) atoms. The molecule has 1 aliphatic heterocycles. The highest BCUT2D eigenvalue weighted by atomic mass is 32.2. The largest absolute Gasteiger partial charge is 0.445 e. The van der Waals surface area contributed by atoms with Crippen molar-refractivity contribution in [1.29, 1.82) is 0 Å². The van der Waals surface area contributed by atoms with Crippen LogP contribution in [0.15, 0.2) is 47.5 Å². The molecule has 3 rings (SSSR count). The van der Waals surface area contributed by atoms with Crippen molar-refractivity contribution >= 4 is 17.9 Å². The van der Waals surface area contributed by atoms with Gasteiger partial charge in [0.15, 0.2) is 0 Å². The molecule has 1 amide bonds. The maximum absolute atomic E-state index is 12.2. The lowest BCUT2D eigenvalue weighted by Gasteiger charge is -2.27. The summed E-state index contributed by atoms with van der Waals surface area (Å²) in [4.78, 5) is 19.6. The predicted octanol–water partition coefficient (Wildman–Crippen LogP) is 3.50. The third-order valence-electron chi connectivity index (χ3n) is 3.71. The molecule has 1 aliphatic rings. The first-order valence-corrected chi connectivity index (χ1v) is 8.46. The van der Waals surface area contributed by atoms with Gasteiger partial charge >= 0.3 is 6.09 Å². The van der Waals surface area contributed by atoms with E-state index in [-0.39, 0.29) is 6.09 Å². The van der Waals surface area contributed by atoms with E-state index >= 15 is 0 Å². The second-order valence-electron chi connectivity index (χ2n) is 5.19. The van der Waals surface area contributed by atoms with Crippen LogP contribution in [0.2, 0.25) is 0 Å². The quantitative estimate of drug-likeness (QED) is 0.813. The van der Waals surface area contributed by atoms with Gasteiger partial charge in [0, 0.05) is 29.8 Å². The van der Waals surface area contributed by atoms with Gasteiger partial charge in [-0.05, 0) is 23.4 Å². The highest BCUT2D eigenvalue weighted by Crippen LogP contribution is 2.22. The monoisotopic (exact) mass is 314 g/mol. The van der Waals surface area contributed by atoms with Crippen LogP contribution in [0.5, 0.6) is 0 Å². The Morgan fingerprint density at radius 3 is 2.95 bits per heavy atom. The number of hydrogen-bond acceptors (Lipinski definition) is 4. The van der Waals surface area contributed by atoms with E-state index in [0.717, 1.165) is 28.1 Å². The average molecular weight is 314 g/mol. The molecule has 2 heterocycles. The van der Waals surface area contributed by atoms with Gasteiger partial charge in [-0.2, -0.15) is 0 Å². The van der Waals surface area contributed by atoms with Crippen LogP contribution in [-0.2, 0) is 24.3 Å². The van der Waals surface area contributed by atoms with Crippen molar-refractivity contribution in [3.05, 3.63) is 59.4 Å². The molecule has 0 saturated carbocycles. The number of carbonyl (C=O) groups excluding carboxylic acids is 1. The summed E-state index contributed by atoms with van der Waals surface area (Å²) in [5.74, 6) is 0. The second-order valence-corrected chi connectivity index (χ2v) is 6.07. The van der Waals surface area contributed by atoms with E-state index in [1.165, 1.54) is 0 Å². The summed E-state index contributed by atoms with van der Waals surface area (Å²) in [6.07, 6.45) is 4.44. The number of ether oxygens (including phenoxy) is 1. The molecule has 0 saturated heterocycles. The van der Waals surface area contributed by atoms with Gasteiger partial charge in [0.05, 0.1) is 6.54 Å². The topological polar surface area (TPSA) is 42.4 Å². The zero-order chi connectivity index (χ0) is 15.4. The Morgan fingerprint density at radius 2 is 2.18 bits per heavy atom. The van der Waals surface area contributed by atoms with Crippen LogP contribution in [0.3, 0.4) is 0 Å². The Bertz CT molecular complexity index is 661. The zero-order valence-corrected chi connectivity index (χ0v) is 13.3. The van der Waals surface area contributed by atoms with Gasteiger partial charge in [0.1, 0.15) is 6.61 Å². The summed E-state index contributed by atoms with van der Waals surface area (Å²) >= 11 is 1.66. The van der Waals surface area contributed by atoms with Crippen molar-refractivity contribution in [2.75, 3.05) is 12.8 Å². The van der Waals surface area contributed by atoms with Crippen LogP contribution in [0, 0.1) is 0 Å². The van der Waals surface area contributed by atoms with Crippen molar-refractivity contribution in [2.45, 2.75) is 24.5 Å². The number of benzene rings is 1. The molecule has 1 aromatic heterocycles. The maximum atomic E-state index is 12.2.